The van der Waals surface area contributed by atoms with Crippen molar-refractivity contribution in [1.29, 1.82) is 0 Å². The summed E-state index contributed by atoms with van der Waals surface area (Å²) in [6, 6.07) is 10.1. The number of aromatic nitrogens is 4. The molecule has 26 heavy (non-hydrogen) atoms. The van der Waals surface area contributed by atoms with Gasteiger partial charge in [-0.15, -0.1) is 0 Å². The number of nitrogens with one attached hydrogen (secondary N) is 1. The average molecular weight is 352 g/mol. The largest absolute Gasteiger partial charge is 0.330 e. The molecule has 1 aromatic carbocycles. The summed E-state index contributed by atoms with van der Waals surface area (Å²) in [7, 11) is 0. The van der Waals surface area contributed by atoms with Crippen molar-refractivity contribution in [2.45, 2.75) is 58.0 Å². The van der Waals surface area contributed by atoms with Crippen molar-refractivity contribution in [3.8, 4) is 0 Å². The molecular weight excluding hydrogens is 328 g/mol. The number of aromatic amines is 1. The van der Waals surface area contributed by atoms with Crippen LogP contribution in [0, 0.1) is 0 Å². The minimum Gasteiger partial charge on any atom is -0.317 e. The van der Waals surface area contributed by atoms with Crippen LogP contribution in [0.2, 0.25) is 0 Å². The normalized spacial score (nSPS) is 15.1. The van der Waals surface area contributed by atoms with Crippen LogP contribution in [0.25, 0.3) is 11.2 Å². The Morgan fingerprint density at radius 3 is 2.54 bits per heavy atom. The smallest absolute Gasteiger partial charge is 0.317 e. The molecule has 0 atom stereocenters. The van der Waals surface area contributed by atoms with Crippen LogP contribution in [-0.2, 0) is 13.1 Å². The van der Waals surface area contributed by atoms with Gasteiger partial charge in [0.25, 0.3) is 5.56 Å². The van der Waals surface area contributed by atoms with Crippen LogP contribution in [0.15, 0.2) is 39.9 Å². The number of benzene rings is 1. The Labute approximate surface area is 151 Å². The molecule has 0 saturated heterocycles. The Bertz CT molecular complexity index is 1020. The second kappa shape index (κ2) is 6.94. The molecule has 1 N–H and O–H groups in total. The third-order valence-corrected chi connectivity index (χ3v) is 5.27. The van der Waals surface area contributed by atoms with Gasteiger partial charge in [0.15, 0.2) is 11.2 Å². The molecule has 0 amide bonds. The number of rotatable bonds is 5. The summed E-state index contributed by atoms with van der Waals surface area (Å²) in [6.45, 7) is 2.97. The van der Waals surface area contributed by atoms with E-state index in [1.807, 2.05) is 29.7 Å². The van der Waals surface area contributed by atoms with Crippen LogP contribution in [-0.4, -0.2) is 19.1 Å². The second-order valence-corrected chi connectivity index (χ2v) is 7.11. The first-order valence-electron chi connectivity index (χ1n) is 9.46. The molecule has 2 aromatic heterocycles. The zero-order chi connectivity index (χ0) is 18.1. The molecule has 1 aliphatic rings. The van der Waals surface area contributed by atoms with E-state index in [-0.39, 0.29) is 11.2 Å². The monoisotopic (exact) mass is 352 g/mol. The third-order valence-electron chi connectivity index (χ3n) is 5.27. The van der Waals surface area contributed by atoms with Crippen molar-refractivity contribution in [3.63, 3.8) is 0 Å². The number of hydrogen-bond acceptors (Lipinski definition) is 3. The maximum Gasteiger partial charge on any atom is 0.330 e. The van der Waals surface area contributed by atoms with Crippen molar-refractivity contribution in [2.75, 3.05) is 0 Å². The fraction of sp³-hybridized carbons (Fsp3) is 0.450. The molecule has 2 heterocycles. The Kier molecular flexibility index (Phi) is 4.49. The Hall–Kier alpha value is -2.63. The maximum atomic E-state index is 13.1. The predicted octanol–water partition coefficient (Wildman–Crippen LogP) is 3.00. The Morgan fingerprint density at radius 1 is 1.12 bits per heavy atom. The van der Waals surface area contributed by atoms with Crippen molar-refractivity contribution < 1.29 is 0 Å². The van der Waals surface area contributed by atoms with Gasteiger partial charge in [-0.05, 0) is 24.8 Å². The lowest BCUT2D eigenvalue weighted by Crippen LogP contribution is -2.35. The number of imidazole rings is 1. The van der Waals surface area contributed by atoms with E-state index in [1.54, 1.807) is 0 Å². The molecule has 0 radical (unpaired) electrons. The first kappa shape index (κ1) is 16.8. The molecular formula is C20H24N4O2. The van der Waals surface area contributed by atoms with Gasteiger partial charge in [0.1, 0.15) is 5.82 Å². The zero-order valence-corrected chi connectivity index (χ0v) is 15.1. The summed E-state index contributed by atoms with van der Waals surface area (Å²) >= 11 is 0. The lowest BCUT2D eigenvalue weighted by Gasteiger charge is -2.13. The lowest BCUT2D eigenvalue weighted by atomic mass is 10.1. The standard InChI is InChI=1S/C20H24N4O2/c1-2-12-23-19(25)16-17(22-20(23)26)21-18(15-10-6-7-11-15)24(16)13-14-8-4-3-5-9-14/h3-5,8-9,15H,2,6-7,10-13H2,1H3,(H,22,26). The van der Waals surface area contributed by atoms with Gasteiger partial charge >= 0.3 is 5.69 Å². The van der Waals surface area contributed by atoms with Gasteiger partial charge in [-0.3, -0.25) is 14.3 Å². The highest BCUT2D eigenvalue weighted by Crippen LogP contribution is 2.34. The van der Waals surface area contributed by atoms with Crippen LogP contribution in [0.5, 0.6) is 0 Å². The highest BCUT2D eigenvalue weighted by atomic mass is 16.2. The molecule has 0 spiro atoms. The molecule has 136 valence electrons. The molecule has 3 aromatic rings. The number of H-pyrrole nitrogens is 1. The second-order valence-electron chi connectivity index (χ2n) is 7.11. The lowest BCUT2D eigenvalue weighted by molar-refractivity contribution is 0.607. The molecule has 0 bridgehead atoms. The highest BCUT2D eigenvalue weighted by Gasteiger charge is 2.26. The summed E-state index contributed by atoms with van der Waals surface area (Å²) in [5, 5.41) is 0. The van der Waals surface area contributed by atoms with Crippen LogP contribution in [0.3, 0.4) is 0 Å². The van der Waals surface area contributed by atoms with E-state index in [4.69, 9.17) is 4.98 Å². The molecule has 0 aliphatic heterocycles. The Balaban J connectivity index is 1.94. The predicted molar refractivity (Wildman–Crippen MR) is 102 cm³/mol. The maximum absolute atomic E-state index is 13.1. The molecule has 0 unspecified atom stereocenters. The van der Waals surface area contributed by atoms with Crippen LogP contribution < -0.4 is 11.2 Å². The summed E-state index contributed by atoms with van der Waals surface area (Å²) in [6.07, 6.45) is 5.29. The van der Waals surface area contributed by atoms with Gasteiger partial charge in [0, 0.05) is 19.0 Å². The van der Waals surface area contributed by atoms with Crippen molar-refractivity contribution in [2.24, 2.45) is 0 Å². The van der Waals surface area contributed by atoms with E-state index < -0.39 is 0 Å². The SMILES string of the molecule is CCCn1c(=O)[nH]c2nc(C3CCCC3)n(Cc3ccccc3)c2c1=O. The summed E-state index contributed by atoms with van der Waals surface area (Å²) in [5.41, 5.74) is 1.46. The number of nitrogens with zero attached hydrogens (tertiary/aromatic N) is 3. The minimum absolute atomic E-state index is 0.238. The molecule has 6 heteroatoms. The van der Waals surface area contributed by atoms with Gasteiger partial charge < -0.3 is 4.57 Å². The topological polar surface area (TPSA) is 72.7 Å². The van der Waals surface area contributed by atoms with E-state index in [9.17, 15) is 9.59 Å². The van der Waals surface area contributed by atoms with E-state index in [0.29, 0.717) is 30.2 Å². The third kappa shape index (κ3) is 2.89. The van der Waals surface area contributed by atoms with Crippen LogP contribution in [0.1, 0.15) is 56.3 Å². The minimum atomic E-state index is -0.369. The highest BCUT2D eigenvalue weighted by molar-refractivity contribution is 5.70. The summed E-state index contributed by atoms with van der Waals surface area (Å²) in [5.74, 6) is 1.29. The van der Waals surface area contributed by atoms with Gasteiger partial charge in [0.2, 0.25) is 0 Å². The molecule has 1 fully saturated rings. The fourth-order valence-corrected chi connectivity index (χ4v) is 4.01. The van der Waals surface area contributed by atoms with Crippen molar-refractivity contribution >= 4 is 11.2 Å². The summed E-state index contributed by atoms with van der Waals surface area (Å²) in [4.78, 5) is 32.9. The Morgan fingerprint density at radius 2 is 1.85 bits per heavy atom. The summed E-state index contributed by atoms with van der Waals surface area (Å²) < 4.78 is 3.33. The first-order chi connectivity index (χ1) is 12.7. The number of fused-ring (bicyclic) bond motifs is 1. The molecule has 6 nitrogen and oxygen atoms in total. The quantitative estimate of drug-likeness (QED) is 0.767. The fourth-order valence-electron chi connectivity index (χ4n) is 4.01. The van der Waals surface area contributed by atoms with E-state index in [0.717, 1.165) is 30.7 Å². The zero-order valence-electron chi connectivity index (χ0n) is 15.1. The van der Waals surface area contributed by atoms with Crippen LogP contribution >= 0.6 is 0 Å². The molecule has 4 rings (SSSR count). The van der Waals surface area contributed by atoms with E-state index >= 15 is 0 Å². The first-order valence-corrected chi connectivity index (χ1v) is 9.46. The van der Waals surface area contributed by atoms with Crippen molar-refractivity contribution in [1.82, 2.24) is 19.1 Å². The van der Waals surface area contributed by atoms with Gasteiger partial charge in [-0.25, -0.2) is 9.78 Å². The van der Waals surface area contributed by atoms with E-state index in [2.05, 4.69) is 17.1 Å². The van der Waals surface area contributed by atoms with Gasteiger partial charge in [0.05, 0.1) is 0 Å². The molecule has 1 saturated carbocycles. The van der Waals surface area contributed by atoms with Crippen LogP contribution in [0.4, 0.5) is 0 Å². The average Bonchev–Trinajstić information content (AvgIpc) is 3.28. The van der Waals surface area contributed by atoms with Gasteiger partial charge in [-0.2, -0.15) is 0 Å². The van der Waals surface area contributed by atoms with E-state index in [1.165, 1.54) is 17.4 Å². The molecule has 1 aliphatic carbocycles. The van der Waals surface area contributed by atoms with Crippen molar-refractivity contribution in [3.05, 3.63) is 62.6 Å². The van der Waals surface area contributed by atoms with Gasteiger partial charge in [-0.1, -0.05) is 50.1 Å². The number of hydrogen-bond donors (Lipinski definition) is 1.